The molecular weight excluding hydrogens is 432 g/mol. The van der Waals surface area contributed by atoms with Gasteiger partial charge in [-0.05, 0) is 41.5 Å². The van der Waals surface area contributed by atoms with Crippen molar-refractivity contribution in [3.05, 3.63) is 83.4 Å². The van der Waals surface area contributed by atoms with E-state index in [2.05, 4.69) is 10.6 Å². The number of halogens is 1. The van der Waals surface area contributed by atoms with Crippen LogP contribution < -0.4 is 15.4 Å². The highest BCUT2D eigenvalue weighted by Crippen LogP contribution is 2.27. The van der Waals surface area contributed by atoms with Crippen LogP contribution in [0.5, 0.6) is 5.75 Å². The molecule has 2 amide bonds. The number of methoxy groups -OCH3 is 1. The fourth-order valence-electron chi connectivity index (χ4n) is 2.84. The molecule has 0 aliphatic carbocycles. The maximum absolute atomic E-state index is 12.2. The molecule has 3 aromatic carbocycles. The van der Waals surface area contributed by atoms with Gasteiger partial charge in [0.05, 0.1) is 12.1 Å². The van der Waals surface area contributed by atoms with E-state index in [0.717, 1.165) is 11.1 Å². The lowest BCUT2D eigenvalue weighted by Crippen LogP contribution is -2.32. The third-order valence-electron chi connectivity index (χ3n) is 4.45. The number of amides is 2. The molecule has 3 aromatic rings. The Balaban J connectivity index is 1.42. The number of esters is 1. The van der Waals surface area contributed by atoms with E-state index < -0.39 is 24.4 Å². The lowest BCUT2D eigenvalue weighted by Gasteiger charge is -2.09. The summed E-state index contributed by atoms with van der Waals surface area (Å²) < 4.78 is 9.93. The zero-order valence-electron chi connectivity index (χ0n) is 17.3. The van der Waals surface area contributed by atoms with Crippen molar-refractivity contribution < 1.29 is 23.9 Å². The van der Waals surface area contributed by atoms with Crippen LogP contribution in [0.25, 0.3) is 11.1 Å². The smallest absolute Gasteiger partial charge is 0.325 e. The van der Waals surface area contributed by atoms with Gasteiger partial charge >= 0.3 is 5.97 Å². The lowest BCUT2D eigenvalue weighted by molar-refractivity contribution is -0.146. The van der Waals surface area contributed by atoms with E-state index in [1.54, 1.807) is 24.3 Å². The summed E-state index contributed by atoms with van der Waals surface area (Å²) in [4.78, 5) is 36.0. The second kappa shape index (κ2) is 11.0. The molecule has 8 heteroatoms. The first kappa shape index (κ1) is 22.8. The predicted octanol–water partition coefficient (Wildman–Crippen LogP) is 3.93. The van der Waals surface area contributed by atoms with Crippen molar-refractivity contribution in [1.82, 2.24) is 5.32 Å². The van der Waals surface area contributed by atoms with Crippen LogP contribution in [-0.2, 0) is 14.3 Å². The molecule has 3 rings (SSSR count). The summed E-state index contributed by atoms with van der Waals surface area (Å²) in [7, 11) is 1.48. The van der Waals surface area contributed by atoms with Gasteiger partial charge in [-0.15, -0.1) is 0 Å². The Kier molecular flexibility index (Phi) is 7.83. The average Bonchev–Trinajstić information content (AvgIpc) is 2.82. The molecule has 0 unspecified atom stereocenters. The third-order valence-corrected chi connectivity index (χ3v) is 4.74. The van der Waals surface area contributed by atoms with Crippen LogP contribution in [0.4, 0.5) is 5.69 Å². The Morgan fingerprint density at radius 2 is 1.59 bits per heavy atom. The normalized spacial score (nSPS) is 10.2. The highest BCUT2D eigenvalue weighted by atomic mass is 35.5. The molecule has 32 heavy (non-hydrogen) atoms. The topological polar surface area (TPSA) is 93.7 Å². The van der Waals surface area contributed by atoms with Gasteiger partial charge in [0.1, 0.15) is 12.3 Å². The van der Waals surface area contributed by atoms with Gasteiger partial charge in [-0.25, -0.2) is 0 Å². The molecule has 0 spiro atoms. The molecular formula is C24H21ClN2O5. The summed E-state index contributed by atoms with van der Waals surface area (Å²) >= 11 is 6.00. The first-order valence-corrected chi connectivity index (χ1v) is 10.1. The first-order valence-electron chi connectivity index (χ1n) is 9.69. The van der Waals surface area contributed by atoms with Gasteiger partial charge in [0, 0.05) is 11.3 Å². The minimum atomic E-state index is -0.734. The third kappa shape index (κ3) is 6.33. The van der Waals surface area contributed by atoms with Crippen molar-refractivity contribution in [1.29, 1.82) is 0 Å². The molecule has 0 heterocycles. The summed E-state index contributed by atoms with van der Waals surface area (Å²) in [5.41, 5.74) is 2.86. The van der Waals surface area contributed by atoms with Crippen LogP contribution in [-0.4, -0.2) is 38.0 Å². The van der Waals surface area contributed by atoms with Gasteiger partial charge in [0.25, 0.3) is 11.8 Å². The zero-order chi connectivity index (χ0) is 22.9. The van der Waals surface area contributed by atoms with Crippen molar-refractivity contribution in [2.75, 3.05) is 25.6 Å². The number of hydrogen-bond acceptors (Lipinski definition) is 5. The summed E-state index contributed by atoms with van der Waals surface area (Å²) in [6, 6.07) is 21.5. The molecule has 0 aliphatic heterocycles. The molecule has 164 valence electrons. The largest absolute Gasteiger partial charge is 0.495 e. The van der Waals surface area contributed by atoms with Crippen LogP contribution in [0, 0.1) is 0 Å². The van der Waals surface area contributed by atoms with E-state index in [0.29, 0.717) is 22.0 Å². The van der Waals surface area contributed by atoms with Crippen LogP contribution in [0.15, 0.2) is 72.8 Å². The maximum atomic E-state index is 12.2. The van der Waals surface area contributed by atoms with Gasteiger partial charge < -0.3 is 20.1 Å². The second-order valence-electron chi connectivity index (χ2n) is 6.68. The van der Waals surface area contributed by atoms with Gasteiger partial charge in [0.2, 0.25) is 0 Å². The van der Waals surface area contributed by atoms with Crippen LogP contribution in [0.3, 0.4) is 0 Å². The van der Waals surface area contributed by atoms with E-state index >= 15 is 0 Å². The van der Waals surface area contributed by atoms with Crippen molar-refractivity contribution in [2.45, 2.75) is 0 Å². The van der Waals surface area contributed by atoms with E-state index in [9.17, 15) is 14.4 Å². The molecule has 0 aromatic heterocycles. The van der Waals surface area contributed by atoms with Crippen molar-refractivity contribution in [3.8, 4) is 16.9 Å². The fourth-order valence-corrected chi connectivity index (χ4v) is 3.10. The summed E-state index contributed by atoms with van der Waals surface area (Å²) in [5.74, 6) is -1.22. The summed E-state index contributed by atoms with van der Waals surface area (Å²) in [5, 5.41) is 5.37. The van der Waals surface area contributed by atoms with Crippen molar-refractivity contribution in [3.63, 3.8) is 0 Å². The van der Waals surface area contributed by atoms with Crippen molar-refractivity contribution >= 4 is 35.1 Å². The lowest BCUT2D eigenvalue weighted by atomic mass is 10.0. The number of ether oxygens (including phenoxy) is 2. The molecule has 0 radical (unpaired) electrons. The number of hydrogen-bond donors (Lipinski definition) is 2. The highest BCUT2D eigenvalue weighted by molar-refractivity contribution is 6.32. The van der Waals surface area contributed by atoms with E-state index in [-0.39, 0.29) is 6.54 Å². The minimum absolute atomic E-state index is 0.335. The Bertz CT molecular complexity index is 1100. The Morgan fingerprint density at radius 3 is 2.25 bits per heavy atom. The molecule has 0 saturated carbocycles. The number of carbonyl (C=O) groups is 3. The Labute approximate surface area is 190 Å². The number of nitrogens with one attached hydrogen (secondary N) is 2. The number of carbonyl (C=O) groups excluding carboxylic acids is 3. The molecule has 0 fully saturated rings. The minimum Gasteiger partial charge on any atom is -0.495 e. The number of anilines is 1. The number of rotatable bonds is 8. The highest BCUT2D eigenvalue weighted by Gasteiger charge is 2.12. The number of benzene rings is 3. The van der Waals surface area contributed by atoms with Crippen LogP contribution >= 0.6 is 11.6 Å². The van der Waals surface area contributed by atoms with Gasteiger partial charge in [0.15, 0.2) is 6.61 Å². The standard InChI is InChI=1S/C24H21ClN2O5/c1-31-21-12-11-19(13-20(21)25)27-22(28)15-32-23(29)14-26-24(30)18-9-7-17(8-10-18)16-5-3-2-4-6-16/h2-13H,14-15H2,1H3,(H,26,30)(H,27,28). The maximum Gasteiger partial charge on any atom is 0.325 e. The fraction of sp³-hybridized carbons (Fsp3) is 0.125. The monoisotopic (exact) mass is 452 g/mol. The van der Waals surface area contributed by atoms with Gasteiger partial charge in [-0.2, -0.15) is 0 Å². The molecule has 7 nitrogen and oxygen atoms in total. The van der Waals surface area contributed by atoms with E-state index in [4.69, 9.17) is 21.1 Å². The molecule has 2 N–H and O–H groups in total. The Hall–Kier alpha value is -3.84. The van der Waals surface area contributed by atoms with E-state index in [1.807, 2.05) is 42.5 Å². The zero-order valence-corrected chi connectivity index (χ0v) is 18.0. The first-order chi connectivity index (χ1) is 15.5. The second-order valence-corrected chi connectivity index (χ2v) is 7.09. The summed E-state index contributed by atoms with van der Waals surface area (Å²) in [6.45, 7) is -0.856. The predicted molar refractivity (Wildman–Crippen MR) is 122 cm³/mol. The quantitative estimate of drug-likeness (QED) is 0.505. The van der Waals surface area contributed by atoms with Crippen molar-refractivity contribution in [2.24, 2.45) is 0 Å². The average molecular weight is 453 g/mol. The Morgan fingerprint density at radius 1 is 0.906 bits per heavy atom. The van der Waals surface area contributed by atoms with Gasteiger partial charge in [-0.1, -0.05) is 54.1 Å². The molecule has 0 aliphatic rings. The van der Waals surface area contributed by atoms with Gasteiger partial charge in [-0.3, -0.25) is 14.4 Å². The molecule has 0 saturated heterocycles. The molecule has 0 bridgehead atoms. The van der Waals surface area contributed by atoms with Crippen LogP contribution in [0.2, 0.25) is 5.02 Å². The summed E-state index contributed by atoms with van der Waals surface area (Å²) in [6.07, 6.45) is 0. The van der Waals surface area contributed by atoms with E-state index in [1.165, 1.54) is 13.2 Å². The molecule has 0 atom stereocenters. The van der Waals surface area contributed by atoms with Crippen LogP contribution in [0.1, 0.15) is 10.4 Å². The SMILES string of the molecule is COc1ccc(NC(=O)COC(=O)CNC(=O)c2ccc(-c3ccccc3)cc2)cc1Cl.